The van der Waals surface area contributed by atoms with Crippen molar-refractivity contribution in [1.29, 1.82) is 0 Å². The first-order chi connectivity index (χ1) is 4.97. The predicted molar refractivity (Wildman–Crippen MR) is 43.0 cm³/mol. The third-order valence-electron chi connectivity index (χ3n) is 2.80. The van der Waals surface area contributed by atoms with E-state index in [1.165, 1.54) is 32.1 Å². The van der Waals surface area contributed by atoms with E-state index in [0.717, 1.165) is 11.8 Å². The van der Waals surface area contributed by atoms with Crippen LogP contribution in [-0.4, -0.2) is 0 Å². The lowest BCUT2D eigenvalue weighted by Crippen LogP contribution is -2.24. The van der Waals surface area contributed by atoms with Crippen LogP contribution in [0.1, 0.15) is 32.1 Å². The highest BCUT2D eigenvalue weighted by Gasteiger charge is 2.27. The fraction of sp³-hybridized carbons (Fsp3) is 0.700. The van der Waals surface area contributed by atoms with E-state index in [4.69, 9.17) is 0 Å². The van der Waals surface area contributed by atoms with Gasteiger partial charge in [0, 0.05) is 0 Å². The fourth-order valence-corrected chi connectivity index (χ4v) is 2.19. The van der Waals surface area contributed by atoms with Crippen LogP contribution >= 0.6 is 0 Å². The van der Waals surface area contributed by atoms with Crippen LogP contribution in [0, 0.1) is 31.1 Å². The van der Waals surface area contributed by atoms with Gasteiger partial charge in [0.1, 0.15) is 0 Å². The largest absolute Gasteiger partial charge is 0.0499 e. The van der Waals surface area contributed by atoms with Gasteiger partial charge >= 0.3 is 0 Å². The normalized spacial score (nSPS) is 40.8. The molecule has 0 aromatic heterocycles. The Morgan fingerprint density at radius 1 is 0.900 bits per heavy atom. The molecule has 2 fully saturated rings. The van der Waals surface area contributed by atoms with Crippen molar-refractivity contribution in [2.24, 2.45) is 11.8 Å². The number of rotatable bonds is 0. The molecule has 0 aromatic rings. The van der Waals surface area contributed by atoms with Crippen molar-refractivity contribution in [2.75, 3.05) is 0 Å². The highest BCUT2D eigenvalue weighted by molar-refractivity contribution is 5.00. The van der Waals surface area contributed by atoms with E-state index in [1.54, 1.807) is 0 Å². The summed E-state index contributed by atoms with van der Waals surface area (Å²) in [6.45, 7) is 0. The van der Waals surface area contributed by atoms with Crippen LogP contribution in [0.15, 0.2) is 0 Å². The lowest BCUT2D eigenvalue weighted by atomic mass is 9.71. The predicted octanol–water partition coefficient (Wildman–Crippen LogP) is 2.81. The zero-order chi connectivity index (χ0) is 6.81. The van der Waals surface area contributed by atoms with Gasteiger partial charge in [-0.25, -0.2) is 0 Å². The summed E-state index contributed by atoms with van der Waals surface area (Å²) in [7, 11) is 0. The first-order valence-electron chi connectivity index (χ1n) is 4.45. The quantitative estimate of drug-likeness (QED) is 0.479. The van der Waals surface area contributed by atoms with Crippen LogP contribution in [-0.2, 0) is 0 Å². The Balaban J connectivity index is 1.93. The van der Waals surface area contributed by atoms with E-state index >= 15 is 0 Å². The standard InChI is InChI=1S/C10H15/c1-2-6-10-8-4-3-7-9(10)5-1/h1,7-10H,2-6H2. The van der Waals surface area contributed by atoms with Gasteiger partial charge in [0.25, 0.3) is 0 Å². The zero-order valence-corrected chi connectivity index (χ0v) is 6.42. The third-order valence-corrected chi connectivity index (χ3v) is 2.80. The van der Waals surface area contributed by atoms with Crippen molar-refractivity contribution in [3.05, 3.63) is 19.3 Å². The minimum absolute atomic E-state index is 0.919. The molecule has 0 N–H and O–H groups in total. The maximum Gasteiger partial charge on any atom is -0.0349 e. The zero-order valence-electron chi connectivity index (χ0n) is 6.42. The van der Waals surface area contributed by atoms with Crippen molar-refractivity contribution in [2.45, 2.75) is 32.1 Å². The minimum Gasteiger partial charge on any atom is -0.0499 e. The number of hydrogen-bond donors (Lipinski definition) is 0. The Hall–Kier alpha value is 0. The Bertz CT molecular complexity index is 80.6. The van der Waals surface area contributed by atoms with Gasteiger partial charge in [-0.3, -0.25) is 0 Å². The molecule has 2 aliphatic carbocycles. The molecule has 2 aliphatic rings. The molecule has 2 saturated carbocycles. The maximum absolute atomic E-state index is 2.54. The van der Waals surface area contributed by atoms with Gasteiger partial charge in [0.15, 0.2) is 0 Å². The van der Waals surface area contributed by atoms with Gasteiger partial charge in [-0.2, -0.15) is 0 Å². The number of fused-ring (bicyclic) bond motifs is 1. The van der Waals surface area contributed by atoms with Crippen molar-refractivity contribution in [3.63, 3.8) is 0 Å². The van der Waals surface area contributed by atoms with Crippen LogP contribution in [0.4, 0.5) is 0 Å². The lowest BCUT2D eigenvalue weighted by Gasteiger charge is -2.34. The molecule has 2 rings (SSSR count). The van der Waals surface area contributed by atoms with Crippen LogP contribution < -0.4 is 0 Å². The van der Waals surface area contributed by atoms with Crippen molar-refractivity contribution < 1.29 is 0 Å². The smallest absolute Gasteiger partial charge is 0.0349 e. The molecule has 10 heavy (non-hydrogen) atoms. The van der Waals surface area contributed by atoms with Gasteiger partial charge in [0.2, 0.25) is 0 Å². The molecule has 0 heteroatoms. The van der Waals surface area contributed by atoms with E-state index in [2.05, 4.69) is 19.3 Å². The van der Waals surface area contributed by atoms with Gasteiger partial charge < -0.3 is 0 Å². The third kappa shape index (κ3) is 1.21. The summed E-state index contributed by atoms with van der Waals surface area (Å²) >= 11 is 0. The lowest BCUT2D eigenvalue weighted by molar-refractivity contribution is 0.308. The van der Waals surface area contributed by atoms with E-state index in [-0.39, 0.29) is 0 Å². The summed E-state index contributed by atoms with van der Waals surface area (Å²) in [6, 6.07) is 0. The van der Waals surface area contributed by atoms with Crippen LogP contribution in [0.3, 0.4) is 0 Å². The Morgan fingerprint density at radius 3 is 2.50 bits per heavy atom. The summed E-state index contributed by atoms with van der Waals surface area (Å²) in [4.78, 5) is 0. The van der Waals surface area contributed by atoms with Gasteiger partial charge in [-0.1, -0.05) is 0 Å². The molecule has 3 radical (unpaired) electrons. The second-order valence-corrected chi connectivity index (χ2v) is 3.48. The first-order valence-corrected chi connectivity index (χ1v) is 4.45. The van der Waals surface area contributed by atoms with Crippen molar-refractivity contribution in [1.82, 2.24) is 0 Å². The van der Waals surface area contributed by atoms with Crippen LogP contribution in [0.5, 0.6) is 0 Å². The summed E-state index contributed by atoms with van der Waals surface area (Å²) < 4.78 is 0. The molecule has 0 bridgehead atoms. The molecule has 0 nitrogen and oxygen atoms in total. The van der Waals surface area contributed by atoms with Crippen molar-refractivity contribution in [3.8, 4) is 0 Å². The molecule has 0 aliphatic heterocycles. The topological polar surface area (TPSA) is 0 Å². The average molecular weight is 135 g/mol. The van der Waals surface area contributed by atoms with Crippen LogP contribution in [0.25, 0.3) is 0 Å². The molecule has 2 unspecified atom stereocenters. The number of hydrogen-bond acceptors (Lipinski definition) is 0. The molecule has 2 atom stereocenters. The molecule has 0 aromatic carbocycles. The van der Waals surface area contributed by atoms with E-state index in [0.29, 0.717) is 0 Å². The van der Waals surface area contributed by atoms with Crippen molar-refractivity contribution >= 4 is 0 Å². The monoisotopic (exact) mass is 135 g/mol. The van der Waals surface area contributed by atoms with Crippen LogP contribution in [0.2, 0.25) is 0 Å². The first kappa shape index (κ1) is 6.69. The summed E-state index contributed by atoms with van der Waals surface area (Å²) in [5, 5.41) is 0. The SMILES string of the molecule is [CH]1CCC2[CH]CC[CH]C2C1. The Labute approximate surface area is 64.0 Å². The molecule has 0 amide bonds. The Kier molecular flexibility index (Phi) is 1.97. The van der Waals surface area contributed by atoms with E-state index < -0.39 is 0 Å². The molecule has 0 spiro atoms. The highest BCUT2D eigenvalue weighted by atomic mass is 14.3. The second-order valence-electron chi connectivity index (χ2n) is 3.48. The van der Waals surface area contributed by atoms with E-state index in [1.807, 2.05) is 0 Å². The minimum atomic E-state index is 0.919. The summed E-state index contributed by atoms with van der Waals surface area (Å²) in [5.41, 5.74) is 0. The highest BCUT2D eigenvalue weighted by Crippen LogP contribution is 2.38. The molecule has 0 heterocycles. The summed E-state index contributed by atoms with van der Waals surface area (Å²) in [6.07, 6.45) is 14.3. The fourth-order valence-electron chi connectivity index (χ4n) is 2.19. The molecular formula is C10H15. The average Bonchev–Trinajstić information content (AvgIpc) is 2.05. The molecule has 55 valence electrons. The molecular weight excluding hydrogens is 120 g/mol. The van der Waals surface area contributed by atoms with Gasteiger partial charge in [0.05, 0.1) is 0 Å². The maximum atomic E-state index is 2.54. The second kappa shape index (κ2) is 2.94. The Morgan fingerprint density at radius 2 is 1.70 bits per heavy atom. The summed E-state index contributed by atoms with van der Waals surface area (Å²) in [5.74, 6) is 1.86. The van der Waals surface area contributed by atoms with Gasteiger partial charge in [-0.05, 0) is 63.2 Å². The molecule has 0 saturated heterocycles. The van der Waals surface area contributed by atoms with E-state index in [9.17, 15) is 0 Å². The van der Waals surface area contributed by atoms with Gasteiger partial charge in [-0.15, -0.1) is 0 Å².